The molecule has 1 atom stereocenters. The number of rotatable bonds is 8. The van der Waals surface area contributed by atoms with Crippen molar-refractivity contribution in [3.8, 4) is 11.5 Å². The van der Waals surface area contributed by atoms with Crippen LogP contribution in [0.5, 0.6) is 11.5 Å². The number of hydrogen-bond donors (Lipinski definition) is 0. The van der Waals surface area contributed by atoms with Crippen LogP contribution >= 0.6 is 11.6 Å². The predicted molar refractivity (Wildman–Crippen MR) is 127 cm³/mol. The lowest BCUT2D eigenvalue weighted by atomic mass is 10.1. The van der Waals surface area contributed by atoms with Gasteiger partial charge in [-0.05, 0) is 42.0 Å². The van der Waals surface area contributed by atoms with Gasteiger partial charge < -0.3 is 14.4 Å². The monoisotopic (exact) mass is 454 g/mol. The minimum atomic E-state index is -0.280. The first-order valence-corrected chi connectivity index (χ1v) is 11.3. The van der Waals surface area contributed by atoms with Crippen LogP contribution in [-0.4, -0.2) is 44.7 Å². The molecule has 0 N–H and O–H groups in total. The highest BCUT2D eigenvalue weighted by Gasteiger charge is 2.22. The van der Waals surface area contributed by atoms with Crippen molar-refractivity contribution < 1.29 is 13.9 Å². The number of methoxy groups -OCH3 is 1. The van der Waals surface area contributed by atoms with Crippen LogP contribution < -0.4 is 14.4 Å². The zero-order valence-corrected chi connectivity index (χ0v) is 19.0. The van der Waals surface area contributed by atoms with E-state index >= 15 is 0 Å². The van der Waals surface area contributed by atoms with Gasteiger partial charge in [-0.15, -0.1) is 0 Å². The summed E-state index contributed by atoms with van der Waals surface area (Å²) in [6, 6.07) is 22.2. The summed E-state index contributed by atoms with van der Waals surface area (Å²) in [4.78, 5) is 4.79. The number of piperazine rings is 1. The summed E-state index contributed by atoms with van der Waals surface area (Å²) in [7, 11) is 1.71. The van der Waals surface area contributed by atoms with Crippen molar-refractivity contribution >= 4 is 17.3 Å². The molecule has 168 valence electrons. The SMILES string of the molecule is COc1ccccc1N1CCN(CCC(Oc2ccccc2Cl)c2cccc(F)c2)CC1. The highest BCUT2D eigenvalue weighted by Crippen LogP contribution is 2.32. The maximum absolute atomic E-state index is 13.9. The molecule has 3 aromatic rings. The molecule has 0 aliphatic carbocycles. The predicted octanol–water partition coefficient (Wildman–Crippen LogP) is 5.82. The molecule has 32 heavy (non-hydrogen) atoms. The molecule has 0 bridgehead atoms. The van der Waals surface area contributed by atoms with E-state index in [1.165, 1.54) is 6.07 Å². The maximum Gasteiger partial charge on any atom is 0.142 e. The molecular weight excluding hydrogens is 427 g/mol. The van der Waals surface area contributed by atoms with E-state index in [1.807, 2.05) is 42.5 Å². The average molecular weight is 455 g/mol. The van der Waals surface area contributed by atoms with Crippen LogP contribution in [0.4, 0.5) is 10.1 Å². The van der Waals surface area contributed by atoms with Gasteiger partial charge in [-0.25, -0.2) is 4.39 Å². The molecule has 0 aromatic heterocycles. The van der Waals surface area contributed by atoms with Gasteiger partial charge >= 0.3 is 0 Å². The maximum atomic E-state index is 13.9. The van der Waals surface area contributed by atoms with Gasteiger partial charge in [0.1, 0.15) is 23.4 Å². The second-order valence-corrected chi connectivity index (χ2v) is 8.29. The standard InChI is InChI=1S/C26H28ClFN2O2/c1-31-26-12-5-3-10-23(26)30-17-15-29(16-18-30)14-13-24(20-7-6-8-21(28)19-20)32-25-11-4-2-9-22(25)27/h2-12,19,24H,13-18H2,1H3. The smallest absolute Gasteiger partial charge is 0.142 e. The van der Waals surface area contributed by atoms with Gasteiger partial charge in [0, 0.05) is 39.1 Å². The van der Waals surface area contributed by atoms with Crippen molar-refractivity contribution in [2.75, 3.05) is 44.7 Å². The summed E-state index contributed by atoms with van der Waals surface area (Å²) < 4.78 is 25.7. The van der Waals surface area contributed by atoms with Crippen LogP contribution in [0, 0.1) is 5.82 Å². The molecule has 6 heteroatoms. The molecule has 4 nitrogen and oxygen atoms in total. The molecule has 1 fully saturated rings. The number of anilines is 1. The Morgan fingerprint density at radius 1 is 0.906 bits per heavy atom. The van der Waals surface area contributed by atoms with Gasteiger partial charge in [0.05, 0.1) is 17.8 Å². The average Bonchev–Trinajstić information content (AvgIpc) is 2.83. The molecule has 1 aliphatic rings. The third kappa shape index (κ3) is 5.53. The van der Waals surface area contributed by atoms with Gasteiger partial charge in [0.15, 0.2) is 0 Å². The summed E-state index contributed by atoms with van der Waals surface area (Å²) in [5.41, 5.74) is 1.95. The Morgan fingerprint density at radius 2 is 1.62 bits per heavy atom. The summed E-state index contributed by atoms with van der Waals surface area (Å²) >= 11 is 6.31. The topological polar surface area (TPSA) is 24.9 Å². The minimum Gasteiger partial charge on any atom is -0.495 e. The second kappa shape index (κ2) is 10.7. The van der Waals surface area contributed by atoms with Gasteiger partial charge in [-0.3, -0.25) is 4.90 Å². The Hall–Kier alpha value is -2.76. The van der Waals surface area contributed by atoms with E-state index in [0.29, 0.717) is 10.8 Å². The van der Waals surface area contributed by atoms with Crippen LogP contribution in [0.15, 0.2) is 72.8 Å². The first kappa shape index (κ1) is 22.4. The Labute approximate surface area is 194 Å². The Bertz CT molecular complexity index is 1020. The molecule has 1 aliphatic heterocycles. The van der Waals surface area contributed by atoms with Crippen molar-refractivity contribution in [2.45, 2.75) is 12.5 Å². The summed E-state index contributed by atoms with van der Waals surface area (Å²) in [5, 5.41) is 0.555. The zero-order valence-electron chi connectivity index (χ0n) is 18.2. The lowest BCUT2D eigenvalue weighted by Gasteiger charge is -2.37. The van der Waals surface area contributed by atoms with E-state index in [-0.39, 0.29) is 11.9 Å². The van der Waals surface area contributed by atoms with Crippen molar-refractivity contribution in [1.29, 1.82) is 0 Å². The number of hydrogen-bond acceptors (Lipinski definition) is 4. The molecule has 1 heterocycles. The van der Waals surface area contributed by atoms with Crippen molar-refractivity contribution in [1.82, 2.24) is 4.90 Å². The Morgan fingerprint density at radius 3 is 2.34 bits per heavy atom. The quantitative estimate of drug-likeness (QED) is 0.428. The number of ether oxygens (including phenoxy) is 2. The molecule has 4 rings (SSSR count). The molecule has 0 saturated carbocycles. The number of nitrogens with zero attached hydrogens (tertiary/aromatic N) is 2. The first-order chi connectivity index (χ1) is 15.6. The fraction of sp³-hybridized carbons (Fsp3) is 0.308. The van der Waals surface area contributed by atoms with Crippen LogP contribution in [0.1, 0.15) is 18.1 Å². The molecule has 3 aromatic carbocycles. The van der Waals surface area contributed by atoms with Gasteiger partial charge in [0.2, 0.25) is 0 Å². The van der Waals surface area contributed by atoms with Gasteiger partial charge in [0.25, 0.3) is 0 Å². The molecular formula is C26H28ClFN2O2. The van der Waals surface area contributed by atoms with E-state index in [4.69, 9.17) is 21.1 Å². The van der Waals surface area contributed by atoms with Crippen molar-refractivity contribution in [3.63, 3.8) is 0 Å². The summed E-state index contributed by atoms with van der Waals surface area (Å²) in [5.74, 6) is 1.25. The van der Waals surface area contributed by atoms with E-state index < -0.39 is 0 Å². The molecule has 0 spiro atoms. The molecule has 1 unspecified atom stereocenters. The fourth-order valence-corrected chi connectivity index (χ4v) is 4.28. The highest BCUT2D eigenvalue weighted by molar-refractivity contribution is 6.32. The summed E-state index contributed by atoms with van der Waals surface area (Å²) in [6.07, 6.45) is 0.460. The molecule has 1 saturated heterocycles. The van der Waals surface area contributed by atoms with Gasteiger partial charge in [-0.1, -0.05) is 48.0 Å². The lowest BCUT2D eigenvalue weighted by Crippen LogP contribution is -2.47. The Kier molecular flexibility index (Phi) is 7.51. The Balaban J connectivity index is 1.40. The van der Waals surface area contributed by atoms with E-state index in [2.05, 4.69) is 15.9 Å². The van der Waals surface area contributed by atoms with Crippen LogP contribution in [0.3, 0.4) is 0 Å². The van der Waals surface area contributed by atoms with Crippen LogP contribution in [0.25, 0.3) is 0 Å². The molecule has 0 radical (unpaired) electrons. The van der Waals surface area contributed by atoms with Gasteiger partial charge in [-0.2, -0.15) is 0 Å². The van der Waals surface area contributed by atoms with Crippen LogP contribution in [0.2, 0.25) is 5.02 Å². The lowest BCUT2D eigenvalue weighted by molar-refractivity contribution is 0.160. The largest absolute Gasteiger partial charge is 0.495 e. The fourth-order valence-electron chi connectivity index (χ4n) is 4.10. The third-order valence-corrected chi connectivity index (χ3v) is 6.14. The van der Waals surface area contributed by atoms with Crippen LogP contribution in [-0.2, 0) is 0 Å². The van der Waals surface area contributed by atoms with E-state index in [1.54, 1.807) is 25.3 Å². The zero-order chi connectivity index (χ0) is 22.3. The number of halogens is 2. The second-order valence-electron chi connectivity index (χ2n) is 7.88. The molecule has 0 amide bonds. The number of para-hydroxylation sites is 3. The van der Waals surface area contributed by atoms with Crippen molar-refractivity contribution in [2.24, 2.45) is 0 Å². The minimum absolute atomic E-state index is 0.263. The summed E-state index contributed by atoms with van der Waals surface area (Å²) in [6.45, 7) is 4.60. The van der Waals surface area contributed by atoms with E-state index in [0.717, 1.165) is 56.1 Å². The third-order valence-electron chi connectivity index (χ3n) is 5.83. The normalized spacial score (nSPS) is 15.4. The number of benzene rings is 3. The highest BCUT2D eigenvalue weighted by atomic mass is 35.5. The first-order valence-electron chi connectivity index (χ1n) is 10.9. The van der Waals surface area contributed by atoms with E-state index in [9.17, 15) is 4.39 Å². The van der Waals surface area contributed by atoms with Crippen molar-refractivity contribution in [3.05, 3.63) is 89.2 Å².